The number of benzene rings is 1. The van der Waals surface area contributed by atoms with E-state index in [0.717, 1.165) is 38.2 Å². The Balaban J connectivity index is 1.84. The van der Waals surface area contributed by atoms with Crippen LogP contribution >= 0.6 is 0 Å². The van der Waals surface area contributed by atoms with E-state index in [0.29, 0.717) is 0 Å². The standard InChI is InChI=1S/C15H21N3/c1-15(2,11-16)6-3-7-18-9-12-4-5-14(17)8-13(12)10-18/h4-5,8H,3,6-7,9-10,17H2,1-2H3. The van der Waals surface area contributed by atoms with Gasteiger partial charge in [-0.2, -0.15) is 5.26 Å². The molecule has 18 heavy (non-hydrogen) atoms. The van der Waals surface area contributed by atoms with Crippen molar-refractivity contribution in [2.24, 2.45) is 5.41 Å². The summed E-state index contributed by atoms with van der Waals surface area (Å²) in [4.78, 5) is 2.43. The van der Waals surface area contributed by atoms with Crippen LogP contribution in [0.3, 0.4) is 0 Å². The first kappa shape index (κ1) is 12.9. The van der Waals surface area contributed by atoms with E-state index in [4.69, 9.17) is 11.0 Å². The fourth-order valence-electron chi connectivity index (χ4n) is 2.44. The number of fused-ring (bicyclic) bond motifs is 1. The van der Waals surface area contributed by atoms with Crippen molar-refractivity contribution >= 4 is 5.69 Å². The highest BCUT2D eigenvalue weighted by molar-refractivity contribution is 5.46. The van der Waals surface area contributed by atoms with Crippen LogP contribution in [0.25, 0.3) is 0 Å². The van der Waals surface area contributed by atoms with Crippen LogP contribution in [0.2, 0.25) is 0 Å². The first-order valence-corrected chi connectivity index (χ1v) is 6.51. The molecule has 0 saturated carbocycles. The van der Waals surface area contributed by atoms with Gasteiger partial charge in [0.2, 0.25) is 0 Å². The summed E-state index contributed by atoms with van der Waals surface area (Å²) in [7, 11) is 0. The Morgan fingerprint density at radius 2 is 2.06 bits per heavy atom. The summed E-state index contributed by atoms with van der Waals surface area (Å²) in [6, 6.07) is 8.54. The van der Waals surface area contributed by atoms with Crippen LogP contribution in [0.5, 0.6) is 0 Å². The molecule has 3 heteroatoms. The SMILES string of the molecule is CC(C)(C#N)CCCN1Cc2ccc(N)cc2C1. The fraction of sp³-hybridized carbons (Fsp3) is 0.533. The van der Waals surface area contributed by atoms with Crippen molar-refractivity contribution < 1.29 is 0 Å². The molecule has 1 aromatic rings. The molecule has 1 heterocycles. The van der Waals surface area contributed by atoms with Gasteiger partial charge in [-0.1, -0.05) is 6.07 Å². The van der Waals surface area contributed by atoms with Crippen molar-refractivity contribution in [1.29, 1.82) is 5.26 Å². The lowest BCUT2D eigenvalue weighted by Gasteiger charge is -2.18. The second kappa shape index (κ2) is 4.99. The molecule has 2 rings (SSSR count). The zero-order chi connectivity index (χ0) is 13.2. The number of nitrogen functional groups attached to an aromatic ring is 1. The van der Waals surface area contributed by atoms with Gasteiger partial charge in [-0.25, -0.2) is 0 Å². The lowest BCUT2D eigenvalue weighted by molar-refractivity contribution is 0.263. The maximum absolute atomic E-state index is 8.98. The van der Waals surface area contributed by atoms with Gasteiger partial charge in [-0.3, -0.25) is 4.90 Å². The largest absolute Gasteiger partial charge is 0.399 e. The Morgan fingerprint density at radius 1 is 1.33 bits per heavy atom. The van der Waals surface area contributed by atoms with Gasteiger partial charge < -0.3 is 5.73 Å². The quantitative estimate of drug-likeness (QED) is 0.827. The van der Waals surface area contributed by atoms with E-state index >= 15 is 0 Å². The second-order valence-corrected chi connectivity index (χ2v) is 5.84. The number of rotatable bonds is 4. The molecule has 0 bridgehead atoms. The fourth-order valence-corrected chi connectivity index (χ4v) is 2.44. The van der Waals surface area contributed by atoms with E-state index in [1.165, 1.54) is 11.1 Å². The summed E-state index contributed by atoms with van der Waals surface area (Å²) in [5.41, 5.74) is 9.20. The van der Waals surface area contributed by atoms with Gasteiger partial charge in [0.1, 0.15) is 0 Å². The number of nitrogens with two attached hydrogens (primary N) is 1. The second-order valence-electron chi connectivity index (χ2n) is 5.84. The highest BCUT2D eigenvalue weighted by Gasteiger charge is 2.20. The summed E-state index contributed by atoms with van der Waals surface area (Å²) in [5.74, 6) is 0. The molecule has 0 aliphatic carbocycles. The van der Waals surface area contributed by atoms with E-state index < -0.39 is 0 Å². The highest BCUT2D eigenvalue weighted by Crippen LogP contribution is 2.26. The molecule has 0 amide bonds. The van der Waals surface area contributed by atoms with Crippen LogP contribution in [0.4, 0.5) is 5.69 Å². The number of nitriles is 1. The van der Waals surface area contributed by atoms with Crippen LogP contribution in [-0.4, -0.2) is 11.4 Å². The molecule has 0 unspecified atom stereocenters. The number of anilines is 1. The predicted octanol–water partition coefficient (Wildman–Crippen LogP) is 2.91. The maximum atomic E-state index is 8.98. The average molecular weight is 243 g/mol. The highest BCUT2D eigenvalue weighted by atomic mass is 15.1. The minimum absolute atomic E-state index is 0.197. The Kier molecular flexibility index (Phi) is 3.58. The lowest BCUT2D eigenvalue weighted by atomic mass is 9.90. The minimum atomic E-state index is -0.197. The third-order valence-electron chi connectivity index (χ3n) is 3.60. The van der Waals surface area contributed by atoms with Crippen LogP contribution < -0.4 is 5.73 Å². The normalized spacial score (nSPS) is 15.4. The van der Waals surface area contributed by atoms with Crippen LogP contribution in [0, 0.1) is 16.7 Å². The van der Waals surface area contributed by atoms with Crippen molar-refractivity contribution in [1.82, 2.24) is 4.90 Å². The van der Waals surface area contributed by atoms with Crippen LogP contribution in [0.1, 0.15) is 37.8 Å². The molecule has 1 aliphatic heterocycles. The summed E-state index contributed by atoms with van der Waals surface area (Å²) >= 11 is 0. The van der Waals surface area contributed by atoms with Gasteiger partial charge >= 0.3 is 0 Å². The van der Waals surface area contributed by atoms with Crippen LogP contribution in [-0.2, 0) is 13.1 Å². The smallest absolute Gasteiger partial charge is 0.0683 e. The minimum Gasteiger partial charge on any atom is -0.399 e. The van der Waals surface area contributed by atoms with Crippen molar-refractivity contribution in [2.45, 2.75) is 39.8 Å². The Labute approximate surface area is 109 Å². The van der Waals surface area contributed by atoms with Crippen LogP contribution in [0.15, 0.2) is 18.2 Å². The molecule has 1 aromatic carbocycles. The monoisotopic (exact) mass is 243 g/mol. The van der Waals surface area contributed by atoms with Crippen molar-refractivity contribution in [3.8, 4) is 6.07 Å². The molecular weight excluding hydrogens is 222 g/mol. The molecule has 3 nitrogen and oxygen atoms in total. The Morgan fingerprint density at radius 3 is 2.78 bits per heavy atom. The molecule has 0 saturated heterocycles. The van der Waals surface area contributed by atoms with Crippen molar-refractivity contribution in [3.05, 3.63) is 29.3 Å². The van der Waals surface area contributed by atoms with E-state index in [1.807, 2.05) is 19.9 Å². The molecular formula is C15H21N3. The maximum Gasteiger partial charge on any atom is 0.0683 e. The molecule has 0 atom stereocenters. The zero-order valence-corrected chi connectivity index (χ0v) is 11.2. The summed E-state index contributed by atoms with van der Waals surface area (Å²) in [6.07, 6.45) is 2.03. The molecule has 0 radical (unpaired) electrons. The first-order valence-electron chi connectivity index (χ1n) is 6.51. The lowest BCUT2D eigenvalue weighted by Crippen LogP contribution is -2.19. The molecule has 96 valence electrons. The molecule has 0 spiro atoms. The molecule has 0 fully saturated rings. The molecule has 1 aliphatic rings. The molecule has 2 N–H and O–H groups in total. The topological polar surface area (TPSA) is 53.0 Å². The third kappa shape index (κ3) is 3.02. The van der Waals surface area contributed by atoms with Gasteiger partial charge in [0.05, 0.1) is 11.5 Å². The average Bonchev–Trinajstić information content (AvgIpc) is 2.70. The summed E-state index contributed by atoms with van der Waals surface area (Å²) in [6.45, 7) is 7.08. The molecule has 0 aromatic heterocycles. The third-order valence-corrected chi connectivity index (χ3v) is 3.60. The summed E-state index contributed by atoms with van der Waals surface area (Å²) < 4.78 is 0. The van der Waals surface area contributed by atoms with Gasteiger partial charge in [-0.15, -0.1) is 0 Å². The van der Waals surface area contributed by atoms with E-state index in [-0.39, 0.29) is 5.41 Å². The van der Waals surface area contributed by atoms with Gasteiger partial charge in [-0.05, 0) is 56.5 Å². The predicted molar refractivity (Wildman–Crippen MR) is 73.6 cm³/mol. The number of hydrogen-bond acceptors (Lipinski definition) is 3. The zero-order valence-electron chi connectivity index (χ0n) is 11.2. The Hall–Kier alpha value is -1.53. The van der Waals surface area contributed by atoms with Gasteiger partial charge in [0.15, 0.2) is 0 Å². The van der Waals surface area contributed by atoms with Gasteiger partial charge in [0, 0.05) is 18.8 Å². The van der Waals surface area contributed by atoms with E-state index in [1.54, 1.807) is 0 Å². The van der Waals surface area contributed by atoms with E-state index in [2.05, 4.69) is 23.1 Å². The summed E-state index contributed by atoms with van der Waals surface area (Å²) in [5, 5.41) is 8.98. The van der Waals surface area contributed by atoms with Crippen molar-refractivity contribution in [2.75, 3.05) is 12.3 Å². The first-order chi connectivity index (χ1) is 8.50. The van der Waals surface area contributed by atoms with E-state index in [9.17, 15) is 0 Å². The van der Waals surface area contributed by atoms with Crippen molar-refractivity contribution in [3.63, 3.8) is 0 Å². The Bertz CT molecular complexity index is 471. The number of hydrogen-bond donors (Lipinski definition) is 1. The number of nitrogens with zero attached hydrogens (tertiary/aromatic N) is 2. The van der Waals surface area contributed by atoms with Gasteiger partial charge in [0.25, 0.3) is 0 Å².